The molecule has 0 radical (unpaired) electrons. The number of hydrogen-bond donors (Lipinski definition) is 1. The van der Waals surface area contributed by atoms with Gasteiger partial charge in [0.15, 0.2) is 4.96 Å². The number of nitrogens with one attached hydrogen (secondary N) is 1. The van der Waals surface area contributed by atoms with Crippen molar-refractivity contribution in [2.45, 2.75) is 6.42 Å². The highest BCUT2D eigenvalue weighted by molar-refractivity contribution is 7.15. The number of carbonyl (C=O) groups is 1. The molecular formula is C22H20ClN3O4S. The van der Waals surface area contributed by atoms with E-state index in [1.165, 1.54) is 11.3 Å². The standard InChI is InChI=1S/C22H20ClN3O4S/c1-28-15-5-7-19(29-2)16(10-15)18-11-26-14(12-31-22(26)25-18)9-21(27)24-17-8-13(23)4-6-20(17)30-3/h4-8,10-12H,9H2,1-3H3,(H,24,27). The quantitative estimate of drug-likeness (QED) is 0.426. The third kappa shape index (κ3) is 4.30. The highest BCUT2D eigenvalue weighted by Gasteiger charge is 2.16. The maximum absolute atomic E-state index is 12.7. The van der Waals surface area contributed by atoms with Crippen LogP contribution in [0.2, 0.25) is 5.02 Å². The molecule has 0 aliphatic carbocycles. The van der Waals surface area contributed by atoms with Crippen LogP contribution < -0.4 is 19.5 Å². The molecule has 2 aromatic heterocycles. The van der Waals surface area contributed by atoms with Gasteiger partial charge in [-0.1, -0.05) is 11.6 Å². The highest BCUT2D eigenvalue weighted by atomic mass is 35.5. The largest absolute Gasteiger partial charge is 0.497 e. The number of anilines is 1. The fraction of sp³-hybridized carbons (Fsp3) is 0.182. The summed E-state index contributed by atoms with van der Waals surface area (Å²) in [6.45, 7) is 0. The average Bonchev–Trinajstić information content (AvgIpc) is 3.35. The van der Waals surface area contributed by atoms with Crippen molar-refractivity contribution < 1.29 is 19.0 Å². The van der Waals surface area contributed by atoms with Crippen molar-refractivity contribution in [1.29, 1.82) is 0 Å². The SMILES string of the molecule is COc1ccc(OC)c(-c2cn3c(CC(=O)Nc4cc(Cl)ccc4OC)csc3n2)c1. The summed E-state index contributed by atoms with van der Waals surface area (Å²) < 4.78 is 18.0. The van der Waals surface area contributed by atoms with E-state index in [1.807, 2.05) is 34.2 Å². The van der Waals surface area contributed by atoms with Crippen molar-refractivity contribution in [3.05, 3.63) is 58.7 Å². The molecule has 1 N–H and O–H groups in total. The lowest BCUT2D eigenvalue weighted by Gasteiger charge is -2.10. The van der Waals surface area contributed by atoms with Gasteiger partial charge in [0, 0.05) is 27.9 Å². The molecular weight excluding hydrogens is 438 g/mol. The second kappa shape index (κ2) is 8.87. The van der Waals surface area contributed by atoms with Gasteiger partial charge in [0.25, 0.3) is 0 Å². The average molecular weight is 458 g/mol. The predicted octanol–water partition coefficient (Wildman–Crippen LogP) is 4.92. The molecule has 7 nitrogen and oxygen atoms in total. The summed E-state index contributed by atoms with van der Waals surface area (Å²) >= 11 is 7.51. The van der Waals surface area contributed by atoms with Crippen LogP contribution in [-0.4, -0.2) is 36.6 Å². The molecule has 0 bridgehead atoms. The zero-order chi connectivity index (χ0) is 22.0. The van der Waals surface area contributed by atoms with Crippen LogP contribution in [0.5, 0.6) is 17.2 Å². The van der Waals surface area contributed by atoms with Gasteiger partial charge in [0.1, 0.15) is 17.2 Å². The lowest BCUT2D eigenvalue weighted by atomic mass is 10.1. The molecule has 0 aliphatic rings. The number of thiazole rings is 1. The third-order valence-electron chi connectivity index (χ3n) is 4.74. The number of rotatable bonds is 7. The molecule has 0 unspecified atom stereocenters. The molecule has 2 heterocycles. The van der Waals surface area contributed by atoms with E-state index in [0.29, 0.717) is 28.0 Å². The zero-order valence-corrected chi connectivity index (χ0v) is 18.7. The number of fused-ring (bicyclic) bond motifs is 1. The maximum atomic E-state index is 12.7. The summed E-state index contributed by atoms with van der Waals surface area (Å²) in [6.07, 6.45) is 2.06. The highest BCUT2D eigenvalue weighted by Crippen LogP contribution is 2.34. The van der Waals surface area contributed by atoms with E-state index >= 15 is 0 Å². The van der Waals surface area contributed by atoms with E-state index in [9.17, 15) is 4.79 Å². The predicted molar refractivity (Wildman–Crippen MR) is 122 cm³/mol. The topological polar surface area (TPSA) is 74.1 Å². The van der Waals surface area contributed by atoms with Gasteiger partial charge >= 0.3 is 0 Å². The molecule has 2 aromatic carbocycles. The molecule has 160 valence electrons. The first kappa shape index (κ1) is 21.0. The summed E-state index contributed by atoms with van der Waals surface area (Å²) in [7, 11) is 4.77. The fourth-order valence-electron chi connectivity index (χ4n) is 3.24. The van der Waals surface area contributed by atoms with Gasteiger partial charge in [-0.05, 0) is 36.4 Å². The van der Waals surface area contributed by atoms with Crippen LogP contribution in [0.1, 0.15) is 5.69 Å². The van der Waals surface area contributed by atoms with Gasteiger partial charge in [0.2, 0.25) is 5.91 Å². The molecule has 4 rings (SSSR count). The van der Waals surface area contributed by atoms with Crippen molar-refractivity contribution in [1.82, 2.24) is 9.38 Å². The number of aromatic nitrogens is 2. The van der Waals surface area contributed by atoms with Crippen LogP contribution in [0, 0.1) is 0 Å². The fourth-order valence-corrected chi connectivity index (χ4v) is 4.28. The minimum atomic E-state index is -0.186. The Hall–Kier alpha value is -3.23. The van der Waals surface area contributed by atoms with Crippen LogP contribution in [0.25, 0.3) is 16.2 Å². The van der Waals surface area contributed by atoms with Gasteiger partial charge < -0.3 is 19.5 Å². The molecule has 9 heteroatoms. The number of imidazole rings is 1. The van der Waals surface area contributed by atoms with E-state index in [2.05, 4.69) is 5.32 Å². The lowest BCUT2D eigenvalue weighted by molar-refractivity contribution is -0.115. The molecule has 0 aliphatic heterocycles. The van der Waals surface area contributed by atoms with Crippen molar-refractivity contribution in [3.8, 4) is 28.5 Å². The number of ether oxygens (including phenoxy) is 3. The van der Waals surface area contributed by atoms with E-state index in [0.717, 1.165) is 21.9 Å². The van der Waals surface area contributed by atoms with Crippen LogP contribution in [-0.2, 0) is 11.2 Å². The van der Waals surface area contributed by atoms with E-state index < -0.39 is 0 Å². The summed E-state index contributed by atoms with van der Waals surface area (Å²) in [4.78, 5) is 18.2. The van der Waals surface area contributed by atoms with Crippen molar-refractivity contribution in [2.24, 2.45) is 0 Å². The minimum absolute atomic E-state index is 0.167. The molecule has 0 atom stereocenters. The molecule has 0 saturated carbocycles. The number of carbonyl (C=O) groups excluding carboxylic acids is 1. The van der Waals surface area contributed by atoms with Crippen molar-refractivity contribution in [3.63, 3.8) is 0 Å². The van der Waals surface area contributed by atoms with E-state index in [4.69, 9.17) is 30.8 Å². The second-order valence-electron chi connectivity index (χ2n) is 6.64. The Morgan fingerprint density at radius 2 is 1.87 bits per heavy atom. The van der Waals surface area contributed by atoms with Crippen LogP contribution in [0.15, 0.2) is 48.0 Å². The molecule has 0 fully saturated rings. The maximum Gasteiger partial charge on any atom is 0.230 e. The Morgan fingerprint density at radius 1 is 1.10 bits per heavy atom. The Balaban J connectivity index is 1.60. The number of halogens is 1. The number of hydrogen-bond acceptors (Lipinski definition) is 6. The molecule has 4 aromatic rings. The molecule has 31 heavy (non-hydrogen) atoms. The molecule has 0 saturated heterocycles. The summed E-state index contributed by atoms with van der Waals surface area (Å²) in [5.41, 5.74) is 2.90. The Morgan fingerprint density at radius 3 is 2.61 bits per heavy atom. The minimum Gasteiger partial charge on any atom is -0.497 e. The van der Waals surface area contributed by atoms with Crippen LogP contribution >= 0.6 is 22.9 Å². The number of methoxy groups -OCH3 is 3. The summed E-state index contributed by atoms with van der Waals surface area (Å²) in [5.74, 6) is 1.76. The van der Waals surface area contributed by atoms with Gasteiger partial charge in [-0.25, -0.2) is 4.98 Å². The van der Waals surface area contributed by atoms with Crippen molar-refractivity contribution >= 4 is 39.5 Å². The monoisotopic (exact) mass is 457 g/mol. The summed E-state index contributed by atoms with van der Waals surface area (Å²) in [6, 6.07) is 10.6. The van der Waals surface area contributed by atoms with Gasteiger partial charge in [-0.2, -0.15) is 0 Å². The normalized spacial score (nSPS) is 10.8. The Kier molecular flexibility index (Phi) is 6.01. The van der Waals surface area contributed by atoms with E-state index in [1.54, 1.807) is 39.5 Å². The first-order valence-electron chi connectivity index (χ1n) is 9.33. The Labute approximate surface area is 188 Å². The van der Waals surface area contributed by atoms with Gasteiger partial charge in [0.05, 0.1) is 39.1 Å². The number of amides is 1. The van der Waals surface area contributed by atoms with Crippen LogP contribution in [0.4, 0.5) is 5.69 Å². The molecule has 1 amide bonds. The van der Waals surface area contributed by atoms with Gasteiger partial charge in [-0.15, -0.1) is 11.3 Å². The lowest BCUT2D eigenvalue weighted by Crippen LogP contribution is -2.15. The van der Waals surface area contributed by atoms with Gasteiger partial charge in [-0.3, -0.25) is 9.20 Å². The smallest absolute Gasteiger partial charge is 0.230 e. The number of nitrogens with zero attached hydrogens (tertiary/aromatic N) is 2. The summed E-state index contributed by atoms with van der Waals surface area (Å²) in [5, 5.41) is 5.30. The van der Waals surface area contributed by atoms with Crippen LogP contribution in [0.3, 0.4) is 0 Å². The zero-order valence-electron chi connectivity index (χ0n) is 17.1. The van der Waals surface area contributed by atoms with E-state index in [-0.39, 0.29) is 12.3 Å². The Bertz CT molecular complexity index is 1250. The first-order valence-corrected chi connectivity index (χ1v) is 10.6. The second-order valence-corrected chi connectivity index (χ2v) is 7.91. The van der Waals surface area contributed by atoms with Crippen molar-refractivity contribution in [2.75, 3.05) is 26.6 Å². The third-order valence-corrected chi connectivity index (χ3v) is 5.87. The molecule has 0 spiro atoms. The first-order chi connectivity index (χ1) is 15.0. The number of benzene rings is 2.